The van der Waals surface area contributed by atoms with Crippen molar-refractivity contribution in [3.63, 3.8) is 0 Å². The van der Waals surface area contributed by atoms with Gasteiger partial charge in [-0.3, -0.25) is 4.79 Å². The van der Waals surface area contributed by atoms with Gasteiger partial charge in [-0.05, 0) is 25.0 Å². The van der Waals surface area contributed by atoms with E-state index in [-0.39, 0.29) is 18.3 Å². The van der Waals surface area contributed by atoms with E-state index in [1.54, 1.807) is 0 Å². The summed E-state index contributed by atoms with van der Waals surface area (Å²) in [6, 6.07) is 5.96. The monoisotopic (exact) mass is 206 g/mol. The van der Waals surface area contributed by atoms with Gasteiger partial charge in [0, 0.05) is 5.92 Å². The quantitative estimate of drug-likeness (QED) is 0.757. The summed E-state index contributed by atoms with van der Waals surface area (Å²) < 4.78 is 5.54. The van der Waals surface area contributed by atoms with E-state index in [9.17, 15) is 4.79 Å². The topological polar surface area (TPSA) is 26.3 Å². The molecule has 0 atom stereocenters. The fourth-order valence-electron chi connectivity index (χ4n) is 1.34. The molecule has 0 aliphatic rings. The van der Waals surface area contributed by atoms with Gasteiger partial charge in [-0.25, -0.2) is 0 Å². The summed E-state index contributed by atoms with van der Waals surface area (Å²) in [6.07, 6.45) is 0. The average Bonchev–Trinajstić information content (AvgIpc) is 2.16. The Morgan fingerprint density at radius 3 is 2.27 bits per heavy atom. The Kier molecular flexibility index (Phi) is 3.89. The van der Waals surface area contributed by atoms with Crippen molar-refractivity contribution in [2.75, 3.05) is 6.61 Å². The van der Waals surface area contributed by atoms with Gasteiger partial charge in [0.25, 0.3) is 0 Å². The van der Waals surface area contributed by atoms with E-state index in [1.807, 2.05) is 45.9 Å². The lowest BCUT2D eigenvalue weighted by atomic mass is 10.1. The van der Waals surface area contributed by atoms with Gasteiger partial charge in [0.05, 0.1) is 0 Å². The minimum absolute atomic E-state index is 0.0364. The third-order valence-corrected chi connectivity index (χ3v) is 2.41. The van der Waals surface area contributed by atoms with Gasteiger partial charge in [0.1, 0.15) is 12.4 Å². The highest BCUT2D eigenvalue weighted by atomic mass is 16.5. The highest BCUT2D eigenvalue weighted by Gasteiger charge is 2.09. The number of benzene rings is 1. The summed E-state index contributed by atoms with van der Waals surface area (Å²) in [5.41, 5.74) is 2.15. The molecular weight excluding hydrogens is 188 g/mol. The van der Waals surface area contributed by atoms with Crippen LogP contribution in [-0.4, -0.2) is 12.4 Å². The first kappa shape index (κ1) is 11.8. The molecule has 0 aromatic heterocycles. The number of hydrogen-bond donors (Lipinski definition) is 0. The van der Waals surface area contributed by atoms with Crippen molar-refractivity contribution in [1.29, 1.82) is 0 Å². The van der Waals surface area contributed by atoms with Crippen molar-refractivity contribution in [1.82, 2.24) is 0 Å². The molecule has 0 bridgehead atoms. The van der Waals surface area contributed by atoms with Crippen LogP contribution < -0.4 is 4.74 Å². The molecule has 15 heavy (non-hydrogen) atoms. The molecule has 0 heterocycles. The molecule has 1 aromatic carbocycles. The van der Waals surface area contributed by atoms with Crippen molar-refractivity contribution in [3.05, 3.63) is 29.3 Å². The van der Waals surface area contributed by atoms with Gasteiger partial charge >= 0.3 is 0 Å². The van der Waals surface area contributed by atoms with E-state index in [0.717, 1.165) is 16.9 Å². The van der Waals surface area contributed by atoms with Crippen LogP contribution in [0.25, 0.3) is 0 Å². The molecule has 1 aromatic rings. The zero-order chi connectivity index (χ0) is 11.4. The molecule has 0 fully saturated rings. The van der Waals surface area contributed by atoms with Crippen LogP contribution in [0.3, 0.4) is 0 Å². The summed E-state index contributed by atoms with van der Waals surface area (Å²) in [7, 11) is 0. The van der Waals surface area contributed by atoms with Gasteiger partial charge in [0.15, 0.2) is 5.78 Å². The SMILES string of the molecule is Cc1cccc(C)c1OCC(=O)C(C)C. The first-order valence-corrected chi connectivity index (χ1v) is 5.24. The van der Waals surface area contributed by atoms with Crippen molar-refractivity contribution >= 4 is 5.78 Å². The molecule has 0 aliphatic heterocycles. The van der Waals surface area contributed by atoms with Crippen molar-refractivity contribution in [3.8, 4) is 5.75 Å². The molecule has 0 amide bonds. The highest BCUT2D eigenvalue weighted by Crippen LogP contribution is 2.22. The number of ether oxygens (including phenoxy) is 1. The van der Waals surface area contributed by atoms with E-state index in [0.29, 0.717) is 0 Å². The number of ketones is 1. The van der Waals surface area contributed by atoms with E-state index in [2.05, 4.69) is 0 Å². The molecule has 0 radical (unpaired) electrons. The molecule has 1 rings (SSSR count). The predicted octanol–water partition coefficient (Wildman–Crippen LogP) is 2.91. The smallest absolute Gasteiger partial charge is 0.172 e. The molecular formula is C13H18O2. The summed E-state index contributed by atoms with van der Waals surface area (Å²) >= 11 is 0. The maximum absolute atomic E-state index is 11.4. The van der Waals surface area contributed by atoms with E-state index >= 15 is 0 Å². The lowest BCUT2D eigenvalue weighted by Crippen LogP contribution is -2.17. The van der Waals surface area contributed by atoms with Crippen LogP contribution in [0, 0.1) is 19.8 Å². The zero-order valence-corrected chi connectivity index (χ0v) is 9.83. The van der Waals surface area contributed by atoms with E-state index in [4.69, 9.17) is 4.74 Å². The van der Waals surface area contributed by atoms with Crippen LogP contribution in [0.1, 0.15) is 25.0 Å². The molecule has 2 nitrogen and oxygen atoms in total. The van der Waals surface area contributed by atoms with Gasteiger partial charge in [0.2, 0.25) is 0 Å². The normalized spacial score (nSPS) is 10.5. The van der Waals surface area contributed by atoms with Crippen LogP contribution >= 0.6 is 0 Å². The van der Waals surface area contributed by atoms with Gasteiger partial charge < -0.3 is 4.74 Å². The Bertz CT molecular complexity index is 333. The van der Waals surface area contributed by atoms with Crippen LogP contribution in [0.2, 0.25) is 0 Å². The summed E-state index contributed by atoms with van der Waals surface area (Å²) in [4.78, 5) is 11.4. The molecule has 0 N–H and O–H groups in total. The number of Topliss-reactive ketones (excluding diaryl/α,β-unsaturated/α-hetero) is 1. The summed E-state index contributed by atoms with van der Waals surface area (Å²) in [5, 5.41) is 0. The minimum Gasteiger partial charge on any atom is -0.485 e. The van der Waals surface area contributed by atoms with Gasteiger partial charge in [-0.1, -0.05) is 32.0 Å². The maximum Gasteiger partial charge on any atom is 0.172 e. The third kappa shape index (κ3) is 3.08. The molecule has 82 valence electrons. The molecule has 0 unspecified atom stereocenters. The number of aryl methyl sites for hydroxylation is 2. The Morgan fingerprint density at radius 2 is 1.80 bits per heavy atom. The Morgan fingerprint density at radius 1 is 1.27 bits per heavy atom. The molecule has 0 spiro atoms. The van der Waals surface area contributed by atoms with Crippen LogP contribution in [-0.2, 0) is 4.79 Å². The van der Waals surface area contributed by atoms with Crippen molar-refractivity contribution in [2.24, 2.45) is 5.92 Å². The molecule has 0 saturated carbocycles. The predicted molar refractivity (Wildman–Crippen MR) is 61.3 cm³/mol. The maximum atomic E-state index is 11.4. The molecule has 0 aliphatic carbocycles. The van der Waals surface area contributed by atoms with Gasteiger partial charge in [-0.15, -0.1) is 0 Å². The molecule has 2 heteroatoms. The fraction of sp³-hybridized carbons (Fsp3) is 0.462. The van der Waals surface area contributed by atoms with Crippen molar-refractivity contribution < 1.29 is 9.53 Å². The van der Waals surface area contributed by atoms with Crippen LogP contribution in [0.15, 0.2) is 18.2 Å². The lowest BCUT2D eigenvalue weighted by Gasteiger charge is -2.12. The Balaban J connectivity index is 2.69. The van der Waals surface area contributed by atoms with Gasteiger partial charge in [-0.2, -0.15) is 0 Å². The first-order valence-electron chi connectivity index (χ1n) is 5.24. The zero-order valence-electron chi connectivity index (χ0n) is 9.83. The summed E-state index contributed by atoms with van der Waals surface area (Å²) in [6.45, 7) is 7.92. The van der Waals surface area contributed by atoms with Crippen LogP contribution in [0.4, 0.5) is 0 Å². The minimum atomic E-state index is 0.0364. The second-order valence-corrected chi connectivity index (χ2v) is 4.13. The van der Waals surface area contributed by atoms with Crippen LogP contribution in [0.5, 0.6) is 5.75 Å². The lowest BCUT2D eigenvalue weighted by molar-refractivity contribution is -0.123. The Labute approximate surface area is 91.3 Å². The summed E-state index contributed by atoms with van der Waals surface area (Å²) in [5.74, 6) is 1.01. The third-order valence-electron chi connectivity index (χ3n) is 2.41. The fourth-order valence-corrected chi connectivity index (χ4v) is 1.34. The standard InChI is InChI=1S/C13H18O2/c1-9(2)12(14)8-15-13-10(3)6-5-7-11(13)4/h5-7,9H,8H2,1-4H3. The number of hydrogen-bond acceptors (Lipinski definition) is 2. The highest BCUT2D eigenvalue weighted by molar-refractivity contribution is 5.81. The number of para-hydroxylation sites is 1. The van der Waals surface area contributed by atoms with E-state index < -0.39 is 0 Å². The largest absolute Gasteiger partial charge is 0.485 e. The van der Waals surface area contributed by atoms with E-state index in [1.165, 1.54) is 0 Å². The first-order chi connectivity index (χ1) is 7.02. The second-order valence-electron chi connectivity index (χ2n) is 4.13. The Hall–Kier alpha value is -1.31. The number of carbonyl (C=O) groups is 1. The second kappa shape index (κ2) is 4.96. The number of rotatable bonds is 4. The number of carbonyl (C=O) groups excluding carboxylic acids is 1. The molecule has 0 saturated heterocycles. The van der Waals surface area contributed by atoms with Crippen molar-refractivity contribution in [2.45, 2.75) is 27.7 Å². The average molecular weight is 206 g/mol.